The topological polar surface area (TPSA) is 58.6 Å². The Hall–Kier alpha value is -1.95. The van der Waals surface area contributed by atoms with Crippen molar-refractivity contribution in [2.45, 2.75) is 39.8 Å². The van der Waals surface area contributed by atoms with Gasteiger partial charge in [0.1, 0.15) is 11.8 Å². The molecule has 1 N–H and O–H groups in total. The highest BCUT2D eigenvalue weighted by Crippen LogP contribution is 2.27. The van der Waals surface area contributed by atoms with Crippen LogP contribution in [-0.4, -0.2) is 35.9 Å². The quantitative estimate of drug-likeness (QED) is 0.476. The van der Waals surface area contributed by atoms with Crippen LogP contribution < -0.4 is 10.1 Å². The van der Waals surface area contributed by atoms with E-state index in [0.717, 1.165) is 0 Å². The number of hydrogen-bond acceptors (Lipinski definition) is 3. The summed E-state index contributed by atoms with van der Waals surface area (Å²) in [5, 5.41) is 4.27. The van der Waals surface area contributed by atoms with E-state index in [1.807, 2.05) is 20.8 Å². The van der Waals surface area contributed by atoms with E-state index in [0.29, 0.717) is 39.3 Å². The number of carbonyl (C=O) groups is 2. The number of hydrogen-bond donors (Lipinski definition) is 1. The van der Waals surface area contributed by atoms with Crippen molar-refractivity contribution in [1.82, 2.24) is 10.2 Å². The van der Waals surface area contributed by atoms with Gasteiger partial charge in [0.25, 0.3) is 5.91 Å². The summed E-state index contributed by atoms with van der Waals surface area (Å²) in [6.07, 6.45) is 0.426. The van der Waals surface area contributed by atoms with Crippen molar-refractivity contribution >= 4 is 46.6 Å². The van der Waals surface area contributed by atoms with Crippen LogP contribution in [0.3, 0.4) is 0 Å². The van der Waals surface area contributed by atoms with E-state index in [1.54, 1.807) is 42.5 Å². The van der Waals surface area contributed by atoms with Crippen LogP contribution in [0.5, 0.6) is 5.75 Å². The Kier molecular flexibility index (Phi) is 9.94. The van der Waals surface area contributed by atoms with Crippen LogP contribution in [0.2, 0.25) is 15.1 Å². The molecule has 0 spiro atoms. The first-order chi connectivity index (χ1) is 14.7. The van der Waals surface area contributed by atoms with Crippen molar-refractivity contribution in [2.75, 3.05) is 13.2 Å². The van der Waals surface area contributed by atoms with E-state index in [2.05, 4.69) is 5.32 Å². The highest BCUT2D eigenvalue weighted by molar-refractivity contribution is 6.36. The second-order valence-corrected chi connectivity index (χ2v) is 8.78. The van der Waals surface area contributed by atoms with Crippen molar-refractivity contribution in [2.24, 2.45) is 5.92 Å². The lowest BCUT2D eigenvalue weighted by molar-refractivity contribution is -0.143. The molecule has 0 saturated heterocycles. The SMILES string of the molecule is CC[C@@H](C(=O)NCC(C)C)N(Cc1c(Cl)cccc1Cl)C(=O)COc1cccc(Cl)c1. The minimum Gasteiger partial charge on any atom is -0.484 e. The number of rotatable bonds is 10. The summed E-state index contributed by atoms with van der Waals surface area (Å²) in [7, 11) is 0. The van der Waals surface area contributed by atoms with E-state index in [4.69, 9.17) is 39.5 Å². The van der Waals surface area contributed by atoms with Crippen LogP contribution >= 0.6 is 34.8 Å². The Morgan fingerprint density at radius 1 is 1.06 bits per heavy atom. The van der Waals surface area contributed by atoms with E-state index in [-0.39, 0.29) is 30.9 Å². The van der Waals surface area contributed by atoms with Crippen LogP contribution in [0.25, 0.3) is 0 Å². The Morgan fingerprint density at radius 3 is 2.29 bits per heavy atom. The lowest BCUT2D eigenvalue weighted by Crippen LogP contribution is -2.50. The molecule has 2 aromatic carbocycles. The zero-order valence-electron chi connectivity index (χ0n) is 17.8. The Bertz CT molecular complexity index is 885. The van der Waals surface area contributed by atoms with Gasteiger partial charge in [-0.05, 0) is 42.7 Å². The molecule has 1 atom stereocenters. The first kappa shape index (κ1) is 25.3. The first-order valence-corrected chi connectivity index (χ1v) is 11.2. The van der Waals surface area contributed by atoms with Gasteiger partial charge in [-0.25, -0.2) is 0 Å². The standard InChI is InChI=1S/C23H27Cl3N2O3/c1-4-21(23(30)27-12-15(2)3)28(13-18-19(25)9-6-10-20(18)26)22(29)14-31-17-8-5-7-16(24)11-17/h5-11,15,21H,4,12-14H2,1-3H3,(H,27,30)/t21-/m0/s1. The highest BCUT2D eigenvalue weighted by atomic mass is 35.5. The molecule has 0 fully saturated rings. The number of ether oxygens (including phenoxy) is 1. The van der Waals surface area contributed by atoms with Crippen LogP contribution in [0.15, 0.2) is 42.5 Å². The van der Waals surface area contributed by atoms with Gasteiger partial charge in [0, 0.05) is 33.7 Å². The summed E-state index contributed by atoms with van der Waals surface area (Å²) in [5.41, 5.74) is 0.581. The van der Waals surface area contributed by atoms with Crippen molar-refractivity contribution in [3.8, 4) is 5.75 Å². The first-order valence-electron chi connectivity index (χ1n) is 10.1. The third-order valence-electron chi connectivity index (χ3n) is 4.62. The van der Waals surface area contributed by atoms with E-state index < -0.39 is 6.04 Å². The maximum Gasteiger partial charge on any atom is 0.261 e. The summed E-state index contributed by atoms with van der Waals surface area (Å²) >= 11 is 18.6. The predicted molar refractivity (Wildman–Crippen MR) is 126 cm³/mol. The maximum atomic E-state index is 13.2. The van der Waals surface area contributed by atoms with Gasteiger partial charge < -0.3 is 15.0 Å². The third kappa shape index (κ3) is 7.60. The summed E-state index contributed by atoms with van der Waals surface area (Å²) in [6.45, 7) is 6.22. The monoisotopic (exact) mass is 484 g/mol. The molecule has 2 aromatic rings. The van der Waals surface area contributed by atoms with Gasteiger partial charge in [-0.2, -0.15) is 0 Å². The van der Waals surface area contributed by atoms with Crippen molar-refractivity contribution in [1.29, 1.82) is 0 Å². The van der Waals surface area contributed by atoms with Gasteiger partial charge in [-0.1, -0.05) is 67.7 Å². The van der Waals surface area contributed by atoms with Crippen LogP contribution in [0, 0.1) is 5.92 Å². The molecule has 2 amide bonds. The van der Waals surface area contributed by atoms with Crippen molar-refractivity contribution < 1.29 is 14.3 Å². The molecule has 5 nitrogen and oxygen atoms in total. The molecule has 0 heterocycles. The molecule has 0 aliphatic carbocycles. The fourth-order valence-electron chi connectivity index (χ4n) is 2.98. The Balaban J connectivity index is 2.26. The molecular formula is C23H27Cl3N2O3. The summed E-state index contributed by atoms with van der Waals surface area (Å²) in [5.74, 6) is 0.168. The number of amides is 2. The van der Waals surface area contributed by atoms with Gasteiger partial charge in [0.15, 0.2) is 6.61 Å². The second kappa shape index (κ2) is 12.2. The second-order valence-electron chi connectivity index (χ2n) is 7.53. The van der Waals surface area contributed by atoms with Crippen LogP contribution in [0.4, 0.5) is 0 Å². The number of carbonyl (C=O) groups excluding carboxylic acids is 2. The molecule has 0 radical (unpaired) electrons. The lowest BCUT2D eigenvalue weighted by atomic mass is 10.1. The van der Waals surface area contributed by atoms with Crippen molar-refractivity contribution in [3.05, 3.63) is 63.1 Å². The normalized spacial score (nSPS) is 11.8. The molecule has 31 heavy (non-hydrogen) atoms. The van der Waals surface area contributed by atoms with Crippen molar-refractivity contribution in [3.63, 3.8) is 0 Å². The minimum atomic E-state index is -0.693. The van der Waals surface area contributed by atoms with E-state index >= 15 is 0 Å². The van der Waals surface area contributed by atoms with Gasteiger partial charge in [0.2, 0.25) is 5.91 Å². The largest absolute Gasteiger partial charge is 0.484 e. The Labute approximate surface area is 198 Å². The average molecular weight is 486 g/mol. The van der Waals surface area contributed by atoms with Crippen LogP contribution in [0.1, 0.15) is 32.8 Å². The molecule has 0 aromatic heterocycles. The summed E-state index contributed by atoms with van der Waals surface area (Å²) in [4.78, 5) is 27.5. The smallest absolute Gasteiger partial charge is 0.261 e. The summed E-state index contributed by atoms with van der Waals surface area (Å²) < 4.78 is 5.63. The number of halogens is 3. The molecule has 2 rings (SSSR count). The zero-order valence-corrected chi connectivity index (χ0v) is 20.1. The molecule has 8 heteroatoms. The lowest BCUT2D eigenvalue weighted by Gasteiger charge is -2.31. The fraction of sp³-hybridized carbons (Fsp3) is 0.391. The van der Waals surface area contributed by atoms with Gasteiger partial charge in [-0.3, -0.25) is 9.59 Å². The molecule has 168 valence electrons. The molecule has 0 unspecified atom stereocenters. The number of nitrogens with zero attached hydrogens (tertiary/aromatic N) is 1. The van der Waals surface area contributed by atoms with Gasteiger partial charge in [0.05, 0.1) is 0 Å². The van der Waals surface area contributed by atoms with Gasteiger partial charge >= 0.3 is 0 Å². The number of nitrogens with one attached hydrogen (secondary N) is 1. The van der Waals surface area contributed by atoms with E-state index in [9.17, 15) is 9.59 Å². The van der Waals surface area contributed by atoms with Crippen LogP contribution in [-0.2, 0) is 16.1 Å². The predicted octanol–water partition coefficient (Wildman–Crippen LogP) is 5.61. The average Bonchev–Trinajstić information content (AvgIpc) is 2.72. The van der Waals surface area contributed by atoms with E-state index in [1.165, 1.54) is 4.90 Å². The molecule has 0 bridgehead atoms. The molecule has 0 saturated carbocycles. The fourth-order valence-corrected chi connectivity index (χ4v) is 3.68. The minimum absolute atomic E-state index is 0.0872. The Morgan fingerprint density at radius 2 is 1.71 bits per heavy atom. The third-order valence-corrected chi connectivity index (χ3v) is 5.56. The zero-order chi connectivity index (χ0) is 23.0. The highest BCUT2D eigenvalue weighted by Gasteiger charge is 2.30. The van der Waals surface area contributed by atoms with Gasteiger partial charge in [-0.15, -0.1) is 0 Å². The maximum absolute atomic E-state index is 13.2. The molecule has 0 aliphatic heterocycles. The molecule has 0 aliphatic rings. The number of benzene rings is 2. The molecular weight excluding hydrogens is 459 g/mol. The summed E-state index contributed by atoms with van der Waals surface area (Å²) in [6, 6.07) is 11.2.